The van der Waals surface area contributed by atoms with Gasteiger partial charge in [-0.05, 0) is 48.9 Å². The van der Waals surface area contributed by atoms with Crippen LogP contribution in [0.1, 0.15) is 58.8 Å². The summed E-state index contributed by atoms with van der Waals surface area (Å²) < 4.78 is 0. The highest BCUT2D eigenvalue weighted by Gasteiger charge is 2.43. The van der Waals surface area contributed by atoms with Gasteiger partial charge in [0.1, 0.15) is 6.29 Å². The highest BCUT2D eigenvalue weighted by atomic mass is 16.1. The summed E-state index contributed by atoms with van der Waals surface area (Å²) in [5.74, 6) is 2.48. The molecule has 15 heavy (non-hydrogen) atoms. The predicted molar refractivity (Wildman–Crippen MR) is 62.6 cm³/mol. The molecule has 1 nitrogen and oxygen atoms in total. The Hall–Kier alpha value is -0.330. The first kappa shape index (κ1) is 11.2. The summed E-state index contributed by atoms with van der Waals surface area (Å²) in [6.07, 6.45) is 10.2. The summed E-state index contributed by atoms with van der Waals surface area (Å²) in [6, 6.07) is 0. The Bertz CT molecular complexity index is 235. The molecule has 0 aliphatic heterocycles. The van der Waals surface area contributed by atoms with Gasteiger partial charge in [0.2, 0.25) is 0 Å². The third-order valence-electron chi connectivity index (χ3n) is 5.13. The third kappa shape index (κ3) is 2.11. The molecule has 4 atom stereocenters. The zero-order valence-electron chi connectivity index (χ0n) is 10.2. The van der Waals surface area contributed by atoms with Crippen LogP contribution in [0.4, 0.5) is 0 Å². The molecule has 2 aliphatic rings. The Balaban J connectivity index is 2.05. The van der Waals surface area contributed by atoms with Crippen molar-refractivity contribution in [2.24, 2.45) is 23.2 Å². The van der Waals surface area contributed by atoms with Gasteiger partial charge in [-0.3, -0.25) is 0 Å². The van der Waals surface area contributed by atoms with Gasteiger partial charge in [-0.1, -0.05) is 26.7 Å². The zero-order valence-corrected chi connectivity index (χ0v) is 10.2. The van der Waals surface area contributed by atoms with Gasteiger partial charge in [0, 0.05) is 6.42 Å². The van der Waals surface area contributed by atoms with Crippen molar-refractivity contribution < 1.29 is 4.79 Å². The van der Waals surface area contributed by atoms with E-state index in [0.29, 0.717) is 11.3 Å². The maximum atomic E-state index is 10.6. The van der Waals surface area contributed by atoms with Crippen molar-refractivity contribution in [3.8, 4) is 0 Å². The van der Waals surface area contributed by atoms with Gasteiger partial charge in [0.15, 0.2) is 0 Å². The average Bonchev–Trinajstić information content (AvgIpc) is 2.20. The maximum Gasteiger partial charge on any atom is 0.120 e. The lowest BCUT2D eigenvalue weighted by molar-refractivity contribution is -0.109. The van der Waals surface area contributed by atoms with Crippen molar-refractivity contribution in [3.05, 3.63) is 0 Å². The van der Waals surface area contributed by atoms with Crippen LogP contribution in [-0.4, -0.2) is 6.29 Å². The van der Waals surface area contributed by atoms with Crippen LogP contribution in [0.5, 0.6) is 0 Å². The lowest BCUT2D eigenvalue weighted by Crippen LogP contribution is -2.41. The van der Waals surface area contributed by atoms with Crippen molar-refractivity contribution >= 4 is 6.29 Å². The zero-order chi connectivity index (χ0) is 10.9. The minimum Gasteiger partial charge on any atom is -0.303 e. The van der Waals surface area contributed by atoms with Crippen LogP contribution in [0.15, 0.2) is 0 Å². The van der Waals surface area contributed by atoms with E-state index >= 15 is 0 Å². The van der Waals surface area contributed by atoms with Crippen LogP contribution < -0.4 is 0 Å². The second kappa shape index (κ2) is 4.27. The van der Waals surface area contributed by atoms with Crippen LogP contribution >= 0.6 is 0 Å². The first-order valence-electron chi connectivity index (χ1n) is 6.59. The number of fused-ring (bicyclic) bond motifs is 1. The van der Waals surface area contributed by atoms with Gasteiger partial charge in [-0.25, -0.2) is 0 Å². The number of aldehydes is 1. The van der Waals surface area contributed by atoms with E-state index in [-0.39, 0.29) is 0 Å². The summed E-state index contributed by atoms with van der Waals surface area (Å²) in [5.41, 5.74) is 0.608. The van der Waals surface area contributed by atoms with Crippen LogP contribution in [0.25, 0.3) is 0 Å². The molecule has 0 spiro atoms. The third-order valence-corrected chi connectivity index (χ3v) is 5.13. The smallest absolute Gasteiger partial charge is 0.120 e. The second-order valence-electron chi connectivity index (χ2n) is 6.17. The van der Waals surface area contributed by atoms with Gasteiger partial charge in [-0.15, -0.1) is 0 Å². The Morgan fingerprint density at radius 2 is 2.13 bits per heavy atom. The minimum atomic E-state index is 0.608. The monoisotopic (exact) mass is 208 g/mol. The Labute approximate surface area is 93.6 Å². The molecule has 0 amide bonds. The van der Waals surface area contributed by atoms with Crippen LogP contribution in [0, 0.1) is 23.2 Å². The Morgan fingerprint density at radius 1 is 1.33 bits per heavy atom. The van der Waals surface area contributed by atoms with E-state index in [4.69, 9.17) is 0 Å². The molecule has 0 aromatic heterocycles. The molecular weight excluding hydrogens is 184 g/mol. The molecule has 0 aromatic rings. The van der Waals surface area contributed by atoms with Gasteiger partial charge >= 0.3 is 0 Å². The summed E-state index contributed by atoms with van der Waals surface area (Å²) >= 11 is 0. The molecule has 0 saturated heterocycles. The lowest BCUT2D eigenvalue weighted by atomic mass is 9.55. The van der Waals surface area contributed by atoms with Crippen molar-refractivity contribution in [2.45, 2.75) is 58.8 Å². The Morgan fingerprint density at radius 3 is 2.87 bits per heavy atom. The molecule has 2 fully saturated rings. The largest absolute Gasteiger partial charge is 0.303 e. The summed E-state index contributed by atoms with van der Waals surface area (Å²) in [7, 11) is 0. The predicted octanol–water partition coefficient (Wildman–Crippen LogP) is 3.82. The molecule has 2 rings (SSSR count). The van der Waals surface area contributed by atoms with Crippen molar-refractivity contribution in [3.63, 3.8) is 0 Å². The standard InChI is InChI=1S/C14H24O/c1-11-4-3-7-14(2)8-5-12(6-9-15)10-13(11)14/h9,11-13H,3-8,10H2,1-2H3/t11-,12-,13-,14+/m0/s1. The molecule has 86 valence electrons. The number of carbonyl (C=O) groups excluding carboxylic acids is 1. The van der Waals surface area contributed by atoms with Gasteiger partial charge in [0.05, 0.1) is 0 Å². The van der Waals surface area contributed by atoms with E-state index in [1.54, 1.807) is 0 Å². The quantitative estimate of drug-likeness (QED) is 0.630. The summed E-state index contributed by atoms with van der Waals surface area (Å²) in [5, 5.41) is 0. The molecule has 0 unspecified atom stereocenters. The molecule has 2 aliphatic carbocycles. The fraction of sp³-hybridized carbons (Fsp3) is 0.929. The van der Waals surface area contributed by atoms with Crippen molar-refractivity contribution in [1.29, 1.82) is 0 Å². The van der Waals surface area contributed by atoms with E-state index in [1.807, 2.05) is 0 Å². The fourth-order valence-electron chi connectivity index (χ4n) is 4.09. The average molecular weight is 208 g/mol. The topological polar surface area (TPSA) is 17.1 Å². The highest BCUT2D eigenvalue weighted by molar-refractivity contribution is 5.49. The van der Waals surface area contributed by atoms with Gasteiger partial charge in [0.25, 0.3) is 0 Å². The minimum absolute atomic E-state index is 0.608. The highest BCUT2D eigenvalue weighted by Crippen LogP contribution is 2.54. The normalized spacial score (nSPS) is 45.9. The SMILES string of the molecule is C[C@H]1CCC[C@]2(C)CC[C@@H](CC=O)C[C@@H]12. The van der Waals surface area contributed by atoms with E-state index in [9.17, 15) is 4.79 Å². The van der Waals surface area contributed by atoms with Crippen molar-refractivity contribution in [1.82, 2.24) is 0 Å². The second-order valence-corrected chi connectivity index (χ2v) is 6.17. The molecule has 0 N–H and O–H groups in total. The number of hydrogen-bond donors (Lipinski definition) is 0. The van der Waals surface area contributed by atoms with Crippen LogP contribution in [0.3, 0.4) is 0 Å². The molecule has 2 saturated carbocycles. The molecule has 0 heterocycles. The Kier molecular flexibility index (Phi) is 3.18. The van der Waals surface area contributed by atoms with Crippen molar-refractivity contribution in [2.75, 3.05) is 0 Å². The molecule has 0 bridgehead atoms. The van der Waals surface area contributed by atoms with E-state index in [1.165, 1.54) is 38.5 Å². The summed E-state index contributed by atoms with van der Waals surface area (Å²) in [6.45, 7) is 4.91. The van der Waals surface area contributed by atoms with E-state index in [0.717, 1.165) is 24.5 Å². The first-order valence-corrected chi connectivity index (χ1v) is 6.59. The maximum absolute atomic E-state index is 10.6. The molecular formula is C14H24O. The van der Waals surface area contributed by atoms with Gasteiger partial charge < -0.3 is 4.79 Å². The molecule has 1 heteroatoms. The van der Waals surface area contributed by atoms with E-state index < -0.39 is 0 Å². The number of carbonyl (C=O) groups is 1. The summed E-state index contributed by atoms with van der Waals surface area (Å²) in [4.78, 5) is 10.6. The fourth-order valence-corrected chi connectivity index (χ4v) is 4.09. The lowest BCUT2D eigenvalue weighted by Gasteiger charge is -2.50. The molecule has 0 radical (unpaired) electrons. The molecule has 0 aromatic carbocycles. The van der Waals surface area contributed by atoms with Crippen LogP contribution in [0.2, 0.25) is 0 Å². The van der Waals surface area contributed by atoms with Crippen LogP contribution in [-0.2, 0) is 4.79 Å². The van der Waals surface area contributed by atoms with E-state index in [2.05, 4.69) is 13.8 Å². The number of hydrogen-bond acceptors (Lipinski definition) is 1. The number of rotatable bonds is 2. The van der Waals surface area contributed by atoms with Gasteiger partial charge in [-0.2, -0.15) is 0 Å². The first-order chi connectivity index (χ1) is 7.15.